The van der Waals surface area contributed by atoms with Gasteiger partial charge in [0.2, 0.25) is 0 Å². The van der Waals surface area contributed by atoms with E-state index in [1.807, 2.05) is 0 Å². The quantitative estimate of drug-likeness (QED) is 0.790. The second-order valence-corrected chi connectivity index (χ2v) is 4.96. The van der Waals surface area contributed by atoms with E-state index in [2.05, 4.69) is 0 Å². The standard InChI is InChI=1S/C13H13FO2/c14-8-2-3-11-9(6-8)10(12(15)16)7-13(11)4-1-5-13/h2-3,6,10H,1,4-5,7H2,(H,15,16). The summed E-state index contributed by atoms with van der Waals surface area (Å²) in [5, 5.41) is 9.18. The highest BCUT2D eigenvalue weighted by molar-refractivity contribution is 5.79. The molecule has 1 N–H and O–H groups in total. The molecule has 1 spiro atoms. The predicted octanol–water partition coefficient (Wildman–Crippen LogP) is 2.82. The van der Waals surface area contributed by atoms with Gasteiger partial charge in [-0.2, -0.15) is 0 Å². The minimum atomic E-state index is -0.823. The first-order chi connectivity index (χ1) is 7.62. The summed E-state index contributed by atoms with van der Waals surface area (Å²) in [4.78, 5) is 11.2. The fourth-order valence-electron chi connectivity index (χ4n) is 3.21. The molecule has 2 aliphatic rings. The number of carboxylic acids is 1. The van der Waals surface area contributed by atoms with Crippen molar-refractivity contribution in [3.05, 3.63) is 35.1 Å². The van der Waals surface area contributed by atoms with Crippen molar-refractivity contribution in [2.45, 2.75) is 37.0 Å². The first-order valence-corrected chi connectivity index (χ1v) is 5.65. The van der Waals surface area contributed by atoms with Gasteiger partial charge in [0.25, 0.3) is 0 Å². The van der Waals surface area contributed by atoms with Crippen molar-refractivity contribution < 1.29 is 14.3 Å². The smallest absolute Gasteiger partial charge is 0.311 e. The summed E-state index contributed by atoms with van der Waals surface area (Å²) in [5.74, 6) is -1.66. The molecule has 0 radical (unpaired) electrons. The van der Waals surface area contributed by atoms with Crippen molar-refractivity contribution in [3.63, 3.8) is 0 Å². The van der Waals surface area contributed by atoms with Crippen LogP contribution in [-0.2, 0) is 10.2 Å². The molecule has 0 aliphatic heterocycles. The van der Waals surface area contributed by atoms with Crippen LogP contribution in [0.1, 0.15) is 42.7 Å². The Kier molecular flexibility index (Phi) is 1.88. The van der Waals surface area contributed by atoms with Crippen molar-refractivity contribution in [1.29, 1.82) is 0 Å². The highest BCUT2D eigenvalue weighted by atomic mass is 19.1. The molecule has 1 unspecified atom stereocenters. The third kappa shape index (κ3) is 1.14. The van der Waals surface area contributed by atoms with Gasteiger partial charge in [0.05, 0.1) is 5.92 Å². The molecule has 0 aromatic heterocycles. The lowest BCUT2D eigenvalue weighted by Gasteiger charge is -2.39. The molecule has 2 nitrogen and oxygen atoms in total. The Morgan fingerprint density at radius 3 is 2.75 bits per heavy atom. The van der Waals surface area contributed by atoms with Crippen molar-refractivity contribution in [1.82, 2.24) is 0 Å². The summed E-state index contributed by atoms with van der Waals surface area (Å²) in [6.07, 6.45) is 3.91. The Balaban J connectivity index is 2.13. The van der Waals surface area contributed by atoms with Gasteiger partial charge in [-0.3, -0.25) is 4.79 Å². The van der Waals surface area contributed by atoms with Crippen LogP contribution in [0.25, 0.3) is 0 Å². The predicted molar refractivity (Wildman–Crippen MR) is 56.9 cm³/mol. The number of fused-ring (bicyclic) bond motifs is 2. The van der Waals surface area contributed by atoms with Crippen LogP contribution in [0.3, 0.4) is 0 Å². The Morgan fingerprint density at radius 1 is 1.44 bits per heavy atom. The molecule has 0 bridgehead atoms. The van der Waals surface area contributed by atoms with Crippen molar-refractivity contribution >= 4 is 5.97 Å². The molecule has 0 saturated heterocycles. The molecule has 84 valence electrons. The zero-order valence-electron chi connectivity index (χ0n) is 8.87. The molecule has 16 heavy (non-hydrogen) atoms. The first kappa shape index (κ1) is 9.82. The van der Waals surface area contributed by atoms with Gasteiger partial charge in [0.1, 0.15) is 5.82 Å². The molecule has 1 aromatic rings. The summed E-state index contributed by atoms with van der Waals surface area (Å²) in [7, 11) is 0. The van der Waals surface area contributed by atoms with Gasteiger partial charge in [0, 0.05) is 0 Å². The maximum atomic E-state index is 13.2. The molecular formula is C13H13FO2. The Bertz CT molecular complexity index is 463. The van der Waals surface area contributed by atoms with Gasteiger partial charge < -0.3 is 5.11 Å². The van der Waals surface area contributed by atoms with Crippen molar-refractivity contribution in [3.8, 4) is 0 Å². The number of benzene rings is 1. The van der Waals surface area contributed by atoms with Crippen molar-refractivity contribution in [2.75, 3.05) is 0 Å². The van der Waals surface area contributed by atoms with Gasteiger partial charge in [-0.15, -0.1) is 0 Å². The molecule has 0 amide bonds. The average molecular weight is 220 g/mol. The summed E-state index contributed by atoms with van der Waals surface area (Å²) in [5.41, 5.74) is 1.83. The van der Waals surface area contributed by atoms with E-state index in [9.17, 15) is 14.3 Å². The number of aliphatic carboxylic acids is 1. The average Bonchev–Trinajstić information content (AvgIpc) is 2.51. The summed E-state index contributed by atoms with van der Waals surface area (Å²) in [6.45, 7) is 0. The molecule has 1 atom stereocenters. The maximum absolute atomic E-state index is 13.2. The largest absolute Gasteiger partial charge is 0.481 e. The number of carboxylic acid groups (broad SMARTS) is 1. The number of halogens is 1. The van der Waals surface area contributed by atoms with E-state index in [4.69, 9.17) is 0 Å². The van der Waals surface area contributed by atoms with Crippen LogP contribution in [0, 0.1) is 5.82 Å². The Morgan fingerprint density at radius 2 is 2.19 bits per heavy atom. The van der Waals surface area contributed by atoms with Crippen LogP contribution < -0.4 is 0 Å². The van der Waals surface area contributed by atoms with E-state index >= 15 is 0 Å². The highest BCUT2D eigenvalue weighted by Gasteiger charge is 2.49. The lowest BCUT2D eigenvalue weighted by molar-refractivity contribution is -0.139. The minimum Gasteiger partial charge on any atom is -0.481 e. The topological polar surface area (TPSA) is 37.3 Å². The number of hydrogen-bond donors (Lipinski definition) is 1. The third-order valence-electron chi connectivity index (χ3n) is 4.16. The van der Waals surface area contributed by atoms with Gasteiger partial charge in [0.15, 0.2) is 0 Å². The van der Waals surface area contributed by atoms with Gasteiger partial charge in [-0.25, -0.2) is 4.39 Å². The van der Waals surface area contributed by atoms with E-state index in [1.54, 1.807) is 6.07 Å². The fourth-order valence-corrected chi connectivity index (χ4v) is 3.21. The molecule has 3 heteroatoms. The minimum absolute atomic E-state index is 0.0477. The van der Waals surface area contributed by atoms with Gasteiger partial charge in [-0.05, 0) is 47.9 Å². The third-order valence-corrected chi connectivity index (χ3v) is 4.16. The molecule has 2 aliphatic carbocycles. The normalized spacial score (nSPS) is 25.2. The maximum Gasteiger partial charge on any atom is 0.311 e. The molecule has 0 heterocycles. The second-order valence-electron chi connectivity index (χ2n) is 4.96. The Labute approximate surface area is 93.1 Å². The van der Waals surface area contributed by atoms with E-state index in [0.29, 0.717) is 12.0 Å². The van der Waals surface area contributed by atoms with Crippen LogP contribution in [0.2, 0.25) is 0 Å². The lowest BCUT2D eigenvalue weighted by atomic mass is 9.65. The highest BCUT2D eigenvalue weighted by Crippen LogP contribution is 2.56. The monoisotopic (exact) mass is 220 g/mol. The van der Waals surface area contributed by atoms with Gasteiger partial charge in [-0.1, -0.05) is 12.5 Å². The fraction of sp³-hybridized carbons (Fsp3) is 0.462. The lowest BCUT2D eigenvalue weighted by Crippen LogP contribution is -2.32. The molecule has 1 aromatic carbocycles. The summed E-state index contributed by atoms with van der Waals surface area (Å²) >= 11 is 0. The van der Waals surface area contributed by atoms with Crippen LogP contribution in [0.5, 0.6) is 0 Å². The summed E-state index contributed by atoms with van der Waals surface area (Å²) in [6, 6.07) is 4.64. The van der Waals surface area contributed by atoms with Crippen molar-refractivity contribution in [2.24, 2.45) is 0 Å². The van der Waals surface area contributed by atoms with E-state index < -0.39 is 11.9 Å². The van der Waals surface area contributed by atoms with Gasteiger partial charge >= 0.3 is 5.97 Å². The van der Waals surface area contributed by atoms with Crippen LogP contribution in [0.15, 0.2) is 18.2 Å². The second kappa shape index (κ2) is 3.06. The van der Waals surface area contributed by atoms with Crippen LogP contribution in [0.4, 0.5) is 4.39 Å². The van der Waals surface area contributed by atoms with Crippen LogP contribution in [-0.4, -0.2) is 11.1 Å². The zero-order valence-corrected chi connectivity index (χ0v) is 8.87. The summed E-state index contributed by atoms with van der Waals surface area (Å²) < 4.78 is 13.2. The van der Waals surface area contributed by atoms with E-state index in [1.165, 1.54) is 12.1 Å². The zero-order chi connectivity index (χ0) is 11.3. The molecule has 1 fully saturated rings. The number of hydrogen-bond acceptors (Lipinski definition) is 1. The van der Waals surface area contributed by atoms with Crippen LogP contribution >= 0.6 is 0 Å². The molecule has 3 rings (SSSR count). The SMILES string of the molecule is O=C(O)C1CC2(CCC2)c2ccc(F)cc21. The van der Waals surface area contributed by atoms with E-state index in [0.717, 1.165) is 24.8 Å². The first-order valence-electron chi connectivity index (χ1n) is 5.65. The van der Waals surface area contributed by atoms with E-state index in [-0.39, 0.29) is 11.2 Å². The molecule has 1 saturated carbocycles. The number of carbonyl (C=O) groups is 1. The number of rotatable bonds is 1. The Hall–Kier alpha value is -1.38. The molecular weight excluding hydrogens is 207 g/mol.